The molecule has 0 aliphatic rings. The third kappa shape index (κ3) is 4.77. The quantitative estimate of drug-likeness (QED) is 0.576. The van der Waals surface area contributed by atoms with E-state index in [4.69, 9.17) is 9.84 Å². The maximum atomic E-state index is 8.48. The molecule has 0 fully saturated rings. The highest BCUT2D eigenvalue weighted by molar-refractivity contribution is 4.53. The molecule has 1 N–H and O–H groups in total. The van der Waals surface area contributed by atoms with Crippen molar-refractivity contribution in [2.45, 2.75) is 38.7 Å². The minimum Gasteiger partial charge on any atom is -0.396 e. The molecule has 0 saturated carbocycles. The van der Waals surface area contributed by atoms with Gasteiger partial charge in [-0.2, -0.15) is 0 Å². The van der Waals surface area contributed by atoms with E-state index in [1.165, 1.54) is 0 Å². The summed E-state index contributed by atoms with van der Waals surface area (Å²) in [5.41, 5.74) is 0. The fraction of sp³-hybridized carbons (Fsp3) is 1.00. The third-order valence-corrected chi connectivity index (χ3v) is 1.72. The minimum atomic E-state index is 0.306. The summed E-state index contributed by atoms with van der Waals surface area (Å²) in [5, 5.41) is 8.48. The van der Waals surface area contributed by atoms with Crippen molar-refractivity contribution in [1.82, 2.24) is 0 Å². The predicted octanol–water partition coefficient (Wildman–Crippen LogP) is 1.57. The van der Waals surface area contributed by atoms with Gasteiger partial charge in [-0.05, 0) is 25.7 Å². The Morgan fingerprint density at radius 3 is 2.50 bits per heavy atom. The van der Waals surface area contributed by atoms with Gasteiger partial charge < -0.3 is 9.84 Å². The molecule has 0 aromatic carbocycles. The van der Waals surface area contributed by atoms with Crippen LogP contribution in [0, 0.1) is 0 Å². The molecule has 0 amide bonds. The van der Waals surface area contributed by atoms with Crippen LogP contribution in [0.15, 0.2) is 0 Å². The molecule has 0 heterocycles. The van der Waals surface area contributed by atoms with Gasteiger partial charge in [0.2, 0.25) is 0 Å². The van der Waals surface area contributed by atoms with E-state index in [0.717, 1.165) is 25.7 Å². The van der Waals surface area contributed by atoms with E-state index in [-0.39, 0.29) is 0 Å². The lowest BCUT2D eigenvalue weighted by molar-refractivity contribution is 0.0884. The standard InChI is InChI=1S/C8H18O2/c1-3-8(10-2)6-4-5-7-9/h8-9H,3-7H2,1-2H3. The zero-order valence-corrected chi connectivity index (χ0v) is 6.97. The molecule has 0 aromatic heterocycles. The van der Waals surface area contributed by atoms with Gasteiger partial charge in [-0.1, -0.05) is 6.92 Å². The molecule has 2 heteroatoms. The van der Waals surface area contributed by atoms with Crippen LogP contribution in [0.3, 0.4) is 0 Å². The SMILES string of the molecule is CCC(CCCCO)OC. The van der Waals surface area contributed by atoms with Gasteiger partial charge >= 0.3 is 0 Å². The van der Waals surface area contributed by atoms with Crippen LogP contribution >= 0.6 is 0 Å². The minimum absolute atomic E-state index is 0.306. The Morgan fingerprint density at radius 1 is 1.40 bits per heavy atom. The van der Waals surface area contributed by atoms with Crippen molar-refractivity contribution in [1.29, 1.82) is 0 Å². The van der Waals surface area contributed by atoms with E-state index in [0.29, 0.717) is 12.7 Å². The Balaban J connectivity index is 3.09. The number of aliphatic hydroxyl groups excluding tert-OH is 1. The normalized spacial score (nSPS) is 13.5. The van der Waals surface area contributed by atoms with Crippen molar-refractivity contribution >= 4 is 0 Å². The van der Waals surface area contributed by atoms with Crippen LogP contribution in [0.4, 0.5) is 0 Å². The number of ether oxygens (including phenoxy) is 1. The second kappa shape index (κ2) is 7.03. The number of methoxy groups -OCH3 is 1. The summed E-state index contributed by atoms with van der Waals surface area (Å²) in [5.74, 6) is 0. The van der Waals surface area contributed by atoms with Crippen molar-refractivity contribution in [3.63, 3.8) is 0 Å². The van der Waals surface area contributed by atoms with Crippen molar-refractivity contribution in [3.05, 3.63) is 0 Å². The first-order valence-electron chi connectivity index (χ1n) is 3.98. The highest BCUT2D eigenvalue weighted by Crippen LogP contribution is 2.06. The molecule has 0 radical (unpaired) electrons. The second-order valence-electron chi connectivity index (χ2n) is 2.49. The van der Waals surface area contributed by atoms with Gasteiger partial charge in [-0.15, -0.1) is 0 Å². The van der Waals surface area contributed by atoms with Gasteiger partial charge in [0.1, 0.15) is 0 Å². The zero-order chi connectivity index (χ0) is 7.82. The van der Waals surface area contributed by atoms with E-state index in [1.807, 2.05) is 0 Å². The Bertz CT molecular complexity index is 60.3. The average molecular weight is 146 g/mol. The first-order valence-corrected chi connectivity index (χ1v) is 3.98. The number of hydrogen-bond donors (Lipinski definition) is 1. The maximum Gasteiger partial charge on any atom is 0.0568 e. The summed E-state index contributed by atoms with van der Waals surface area (Å²) in [6.45, 7) is 2.42. The Hall–Kier alpha value is -0.0800. The molecule has 1 atom stereocenters. The molecule has 0 saturated heterocycles. The maximum absolute atomic E-state index is 8.48. The first kappa shape index (κ1) is 9.92. The summed E-state index contributed by atoms with van der Waals surface area (Å²) in [4.78, 5) is 0. The van der Waals surface area contributed by atoms with Gasteiger partial charge in [-0.25, -0.2) is 0 Å². The van der Waals surface area contributed by atoms with E-state index in [1.54, 1.807) is 7.11 Å². The molecule has 0 spiro atoms. The number of aliphatic hydroxyl groups is 1. The molecule has 62 valence electrons. The largest absolute Gasteiger partial charge is 0.396 e. The fourth-order valence-corrected chi connectivity index (χ4v) is 0.972. The molecule has 10 heavy (non-hydrogen) atoms. The molecule has 2 nitrogen and oxygen atoms in total. The monoisotopic (exact) mass is 146 g/mol. The van der Waals surface area contributed by atoms with Crippen molar-refractivity contribution in [2.75, 3.05) is 13.7 Å². The molecule has 0 bridgehead atoms. The number of unbranched alkanes of at least 4 members (excludes halogenated alkanes) is 1. The summed E-state index contributed by atoms with van der Waals surface area (Å²) in [6, 6.07) is 0. The molecule has 0 aliphatic heterocycles. The highest BCUT2D eigenvalue weighted by atomic mass is 16.5. The van der Waals surface area contributed by atoms with Crippen LogP contribution < -0.4 is 0 Å². The lowest BCUT2D eigenvalue weighted by Crippen LogP contribution is -2.08. The number of rotatable bonds is 6. The van der Waals surface area contributed by atoms with Crippen LogP contribution in [0.1, 0.15) is 32.6 Å². The second-order valence-corrected chi connectivity index (χ2v) is 2.49. The van der Waals surface area contributed by atoms with Crippen molar-refractivity contribution in [3.8, 4) is 0 Å². The van der Waals surface area contributed by atoms with Gasteiger partial charge in [0, 0.05) is 13.7 Å². The average Bonchev–Trinajstić information content (AvgIpc) is 1.99. The summed E-state index contributed by atoms with van der Waals surface area (Å²) >= 11 is 0. The lowest BCUT2D eigenvalue weighted by Gasteiger charge is -2.11. The topological polar surface area (TPSA) is 29.5 Å². The summed E-state index contributed by atoms with van der Waals surface area (Å²) in [7, 11) is 1.74. The zero-order valence-electron chi connectivity index (χ0n) is 6.97. The fourth-order valence-electron chi connectivity index (χ4n) is 0.972. The molecule has 0 rings (SSSR count). The summed E-state index contributed by atoms with van der Waals surface area (Å²) < 4.78 is 5.16. The summed E-state index contributed by atoms with van der Waals surface area (Å²) in [6.07, 6.45) is 4.52. The van der Waals surface area contributed by atoms with E-state index < -0.39 is 0 Å². The van der Waals surface area contributed by atoms with Gasteiger partial charge in [0.25, 0.3) is 0 Å². The Kier molecular flexibility index (Phi) is 6.98. The van der Waals surface area contributed by atoms with Crippen LogP contribution in [0.5, 0.6) is 0 Å². The van der Waals surface area contributed by atoms with Crippen LogP contribution in [-0.2, 0) is 4.74 Å². The first-order chi connectivity index (χ1) is 4.85. The Morgan fingerprint density at radius 2 is 2.10 bits per heavy atom. The van der Waals surface area contributed by atoms with E-state index in [9.17, 15) is 0 Å². The molecular formula is C8H18O2. The molecular weight excluding hydrogens is 128 g/mol. The molecule has 0 aromatic rings. The van der Waals surface area contributed by atoms with Crippen molar-refractivity contribution in [2.24, 2.45) is 0 Å². The highest BCUT2D eigenvalue weighted by Gasteiger charge is 2.01. The van der Waals surface area contributed by atoms with Crippen LogP contribution in [0.25, 0.3) is 0 Å². The predicted molar refractivity (Wildman–Crippen MR) is 42.0 cm³/mol. The van der Waals surface area contributed by atoms with Crippen LogP contribution in [-0.4, -0.2) is 24.9 Å². The van der Waals surface area contributed by atoms with Gasteiger partial charge in [-0.3, -0.25) is 0 Å². The smallest absolute Gasteiger partial charge is 0.0568 e. The van der Waals surface area contributed by atoms with E-state index in [2.05, 4.69) is 6.92 Å². The van der Waals surface area contributed by atoms with Crippen LogP contribution in [0.2, 0.25) is 0 Å². The van der Waals surface area contributed by atoms with E-state index >= 15 is 0 Å². The van der Waals surface area contributed by atoms with Gasteiger partial charge in [0.05, 0.1) is 6.10 Å². The van der Waals surface area contributed by atoms with Crippen molar-refractivity contribution < 1.29 is 9.84 Å². The molecule has 1 unspecified atom stereocenters. The van der Waals surface area contributed by atoms with Gasteiger partial charge in [0.15, 0.2) is 0 Å². The lowest BCUT2D eigenvalue weighted by atomic mass is 10.1. The molecule has 0 aliphatic carbocycles. The Labute approximate surface area is 63.2 Å². The number of hydrogen-bond acceptors (Lipinski definition) is 2. The third-order valence-electron chi connectivity index (χ3n) is 1.72.